The number of nitrogens with zero attached hydrogens (tertiary/aromatic N) is 2. The maximum Gasteiger partial charge on any atom is 0.255 e. The first kappa shape index (κ1) is 24.7. The molecule has 0 saturated heterocycles. The normalized spacial score (nSPS) is 14.6. The van der Waals surface area contributed by atoms with Crippen molar-refractivity contribution in [2.75, 3.05) is 20.8 Å². The molecule has 0 N–H and O–H groups in total. The van der Waals surface area contributed by atoms with Crippen LogP contribution in [0.15, 0.2) is 91.0 Å². The highest BCUT2D eigenvalue weighted by molar-refractivity contribution is 6.02. The Morgan fingerprint density at radius 2 is 1.56 bits per heavy atom. The summed E-state index contributed by atoms with van der Waals surface area (Å²) in [6.07, 6.45) is 0.646. The Morgan fingerprint density at radius 3 is 2.33 bits per heavy atom. The number of carbonyl (C=O) groups is 1. The summed E-state index contributed by atoms with van der Waals surface area (Å²) >= 11 is 0. The van der Waals surface area contributed by atoms with Crippen molar-refractivity contribution in [1.29, 1.82) is 0 Å². The maximum atomic E-state index is 13.9. The van der Waals surface area contributed by atoms with Crippen LogP contribution >= 0.6 is 0 Å². The van der Waals surface area contributed by atoms with Gasteiger partial charge in [0.15, 0.2) is 11.5 Å². The predicted molar refractivity (Wildman–Crippen MR) is 151 cm³/mol. The largest absolute Gasteiger partial charge is 0.493 e. The molecule has 1 unspecified atom stereocenters. The van der Waals surface area contributed by atoms with E-state index < -0.39 is 0 Å². The number of benzene rings is 4. The number of hydrogen-bond acceptors (Lipinski definition) is 3. The molecule has 0 bridgehead atoms. The minimum atomic E-state index is -0.292. The van der Waals surface area contributed by atoms with Crippen molar-refractivity contribution in [3.05, 3.63) is 119 Å². The first-order valence-corrected chi connectivity index (χ1v) is 13.0. The van der Waals surface area contributed by atoms with Crippen molar-refractivity contribution in [1.82, 2.24) is 9.47 Å². The Kier molecular flexibility index (Phi) is 6.31. The molecule has 0 saturated carbocycles. The minimum Gasteiger partial charge on any atom is -0.493 e. The number of amides is 1. The quantitative estimate of drug-likeness (QED) is 0.237. The highest BCUT2D eigenvalue weighted by atomic mass is 19.1. The van der Waals surface area contributed by atoms with Crippen LogP contribution in [0.4, 0.5) is 4.39 Å². The third-order valence-corrected chi connectivity index (χ3v) is 7.68. The number of aryl methyl sites for hydroxylation is 1. The molecule has 196 valence electrons. The summed E-state index contributed by atoms with van der Waals surface area (Å²) in [6, 6.07) is 28.2. The van der Waals surface area contributed by atoms with Gasteiger partial charge < -0.3 is 18.9 Å². The van der Waals surface area contributed by atoms with Crippen molar-refractivity contribution in [3.8, 4) is 22.8 Å². The Balaban J connectivity index is 1.50. The van der Waals surface area contributed by atoms with Gasteiger partial charge in [0.05, 0.1) is 26.0 Å². The summed E-state index contributed by atoms with van der Waals surface area (Å²) in [5, 5.41) is 1.07. The number of para-hydroxylation sites is 1. The van der Waals surface area contributed by atoms with Gasteiger partial charge in [0.2, 0.25) is 0 Å². The van der Waals surface area contributed by atoms with Crippen molar-refractivity contribution < 1.29 is 18.7 Å². The van der Waals surface area contributed by atoms with E-state index in [0.29, 0.717) is 30.0 Å². The van der Waals surface area contributed by atoms with Crippen LogP contribution in [0.3, 0.4) is 0 Å². The molecule has 39 heavy (non-hydrogen) atoms. The molecule has 4 aromatic carbocycles. The Morgan fingerprint density at radius 1 is 0.846 bits per heavy atom. The molecular weight excluding hydrogens is 491 g/mol. The van der Waals surface area contributed by atoms with E-state index in [-0.39, 0.29) is 17.8 Å². The number of rotatable bonds is 7. The fourth-order valence-corrected chi connectivity index (χ4v) is 5.85. The fraction of sp³-hybridized carbons (Fsp3) is 0.182. The van der Waals surface area contributed by atoms with Crippen molar-refractivity contribution >= 4 is 16.8 Å². The van der Waals surface area contributed by atoms with Crippen LogP contribution in [0.2, 0.25) is 0 Å². The summed E-state index contributed by atoms with van der Waals surface area (Å²) in [4.78, 5) is 15.9. The lowest BCUT2D eigenvalue weighted by molar-refractivity contribution is 0.0753. The zero-order valence-electron chi connectivity index (χ0n) is 22.1. The van der Waals surface area contributed by atoms with E-state index in [0.717, 1.165) is 38.9 Å². The van der Waals surface area contributed by atoms with Crippen molar-refractivity contribution in [2.45, 2.75) is 12.5 Å². The Labute approximate surface area is 227 Å². The molecule has 1 amide bonds. The monoisotopic (exact) mass is 520 g/mol. The van der Waals surface area contributed by atoms with Gasteiger partial charge in [-0.2, -0.15) is 0 Å². The van der Waals surface area contributed by atoms with E-state index in [2.05, 4.69) is 16.7 Å². The Bertz CT molecular complexity index is 1690. The smallest absolute Gasteiger partial charge is 0.255 e. The van der Waals surface area contributed by atoms with Crippen LogP contribution < -0.4 is 9.47 Å². The summed E-state index contributed by atoms with van der Waals surface area (Å²) in [5.74, 6) is 1.06. The van der Waals surface area contributed by atoms with Gasteiger partial charge >= 0.3 is 0 Å². The van der Waals surface area contributed by atoms with Crippen LogP contribution in [0.25, 0.3) is 22.2 Å². The molecule has 1 aliphatic heterocycles. The molecule has 6 heteroatoms. The molecule has 6 rings (SSSR count). The van der Waals surface area contributed by atoms with Crippen molar-refractivity contribution in [3.63, 3.8) is 0 Å². The highest BCUT2D eigenvalue weighted by Gasteiger charge is 2.40. The lowest BCUT2D eigenvalue weighted by atomic mass is 9.93. The number of ether oxygens (including phenoxy) is 2. The molecule has 5 nitrogen and oxygen atoms in total. The van der Waals surface area contributed by atoms with E-state index in [9.17, 15) is 9.18 Å². The lowest BCUT2D eigenvalue weighted by Crippen LogP contribution is -2.31. The third kappa shape index (κ3) is 4.13. The standard InChI is InChI=1S/C33H29FN2O3/c1-35-27-11-7-6-10-26(27)30(31(35)22-13-15-23(34)16-14-22)32-24-8-4-5-9-25(24)33(37)36(32)19-18-21-12-17-28(38-2)29(20-21)39-3/h4-17,20,32H,18-19H2,1-3H3. The first-order chi connectivity index (χ1) is 19.0. The summed E-state index contributed by atoms with van der Waals surface area (Å²) < 4.78 is 26.9. The first-order valence-electron chi connectivity index (χ1n) is 13.0. The van der Waals surface area contributed by atoms with Crippen LogP contribution in [0.5, 0.6) is 11.5 Å². The van der Waals surface area contributed by atoms with Crippen LogP contribution in [-0.2, 0) is 13.5 Å². The number of methoxy groups -OCH3 is 2. The highest BCUT2D eigenvalue weighted by Crippen LogP contribution is 2.46. The van der Waals surface area contributed by atoms with Gasteiger partial charge in [0.1, 0.15) is 5.82 Å². The number of hydrogen-bond donors (Lipinski definition) is 0. The molecule has 0 radical (unpaired) electrons. The second-order valence-electron chi connectivity index (χ2n) is 9.77. The van der Waals surface area contributed by atoms with Crippen molar-refractivity contribution in [2.24, 2.45) is 7.05 Å². The van der Waals surface area contributed by atoms with Gasteiger partial charge in [-0.1, -0.05) is 42.5 Å². The number of carbonyl (C=O) groups excluding carboxylic acids is 1. The van der Waals surface area contributed by atoms with E-state index in [1.165, 1.54) is 12.1 Å². The summed E-state index contributed by atoms with van der Waals surface area (Å²) in [5.41, 5.74) is 6.73. The summed E-state index contributed by atoms with van der Waals surface area (Å²) in [6.45, 7) is 0.514. The lowest BCUT2D eigenvalue weighted by Gasteiger charge is -2.27. The zero-order chi connectivity index (χ0) is 27.1. The van der Waals surface area contributed by atoms with E-state index >= 15 is 0 Å². The Hall–Kier alpha value is -4.58. The second-order valence-corrected chi connectivity index (χ2v) is 9.77. The zero-order valence-corrected chi connectivity index (χ0v) is 22.1. The molecule has 0 aliphatic carbocycles. The molecule has 1 aliphatic rings. The third-order valence-electron chi connectivity index (χ3n) is 7.68. The summed E-state index contributed by atoms with van der Waals surface area (Å²) in [7, 11) is 5.27. The van der Waals surface area contributed by atoms with Gasteiger partial charge in [-0.05, 0) is 71.6 Å². The number of halogens is 1. The predicted octanol–water partition coefficient (Wildman–Crippen LogP) is 6.79. The van der Waals surface area contributed by atoms with Gasteiger partial charge in [0, 0.05) is 35.6 Å². The average molecular weight is 521 g/mol. The van der Waals surface area contributed by atoms with Crippen LogP contribution in [0.1, 0.15) is 33.1 Å². The van der Waals surface area contributed by atoms with E-state index in [1.807, 2.05) is 78.7 Å². The van der Waals surface area contributed by atoms with E-state index in [4.69, 9.17) is 9.47 Å². The molecule has 0 spiro atoms. The number of fused-ring (bicyclic) bond motifs is 2. The number of aromatic nitrogens is 1. The van der Waals surface area contributed by atoms with Gasteiger partial charge in [-0.25, -0.2) is 4.39 Å². The van der Waals surface area contributed by atoms with Crippen LogP contribution in [0, 0.1) is 5.82 Å². The van der Waals surface area contributed by atoms with E-state index in [1.54, 1.807) is 14.2 Å². The SMILES string of the molecule is COc1ccc(CCN2C(=O)c3ccccc3C2c2c(-c3ccc(F)cc3)n(C)c3ccccc23)cc1OC. The fourth-order valence-electron chi connectivity index (χ4n) is 5.85. The van der Waals surface area contributed by atoms with Gasteiger partial charge in [-0.3, -0.25) is 4.79 Å². The van der Waals surface area contributed by atoms with Gasteiger partial charge in [0.25, 0.3) is 5.91 Å². The van der Waals surface area contributed by atoms with Crippen LogP contribution in [-0.4, -0.2) is 36.1 Å². The molecule has 5 aromatic rings. The van der Waals surface area contributed by atoms with Gasteiger partial charge in [-0.15, -0.1) is 0 Å². The molecule has 0 fully saturated rings. The molecular formula is C33H29FN2O3. The molecule has 2 heterocycles. The topological polar surface area (TPSA) is 43.7 Å². The molecule has 1 atom stereocenters. The molecule has 1 aromatic heterocycles. The second kappa shape index (κ2) is 9.95. The minimum absolute atomic E-state index is 0.00840. The average Bonchev–Trinajstić information content (AvgIpc) is 3.42. The maximum absolute atomic E-state index is 13.9.